The molecule has 0 fully saturated rings. The van der Waals surface area contributed by atoms with E-state index in [2.05, 4.69) is 5.32 Å². The molecular formula is C33H43N3O7S. The van der Waals surface area contributed by atoms with E-state index in [1.54, 1.807) is 50.4 Å². The Morgan fingerprint density at radius 2 is 1.45 bits per heavy atom. The average molecular weight is 626 g/mol. The number of hydrogen-bond donors (Lipinski definition) is 1. The molecule has 0 spiro atoms. The second kappa shape index (κ2) is 15.0. The van der Waals surface area contributed by atoms with Crippen molar-refractivity contribution >= 4 is 27.5 Å². The number of carbonyl (C=O) groups is 2. The highest BCUT2D eigenvalue weighted by atomic mass is 32.2. The summed E-state index contributed by atoms with van der Waals surface area (Å²) >= 11 is 0. The van der Waals surface area contributed by atoms with Gasteiger partial charge in [-0.25, -0.2) is 8.42 Å². The SMILES string of the molecule is CC[C@H](C)NC(=O)[C@@H](C)N(Cc1ccc(OC)cc1)C(=O)CN(c1cc(C)cc(C)c1)S(=O)(=O)c1ccc(OC)c(OC)c1. The van der Waals surface area contributed by atoms with Crippen molar-refractivity contribution in [1.29, 1.82) is 0 Å². The molecule has 2 amide bonds. The lowest BCUT2D eigenvalue weighted by Crippen LogP contribution is -2.52. The van der Waals surface area contributed by atoms with E-state index in [1.807, 2.05) is 33.8 Å². The standard InChI is InChI=1S/C33H43N3O7S/c1-9-24(4)34-33(38)25(5)35(20-26-10-12-28(41-6)13-11-26)32(37)21-36(27-17-22(2)16-23(3)18-27)44(39,40)29-14-15-30(42-7)31(19-29)43-8/h10-19,24-25H,9,20-21H2,1-8H3,(H,34,38)/t24-,25+/m0/s1. The lowest BCUT2D eigenvalue weighted by molar-refractivity contribution is -0.139. The van der Waals surface area contributed by atoms with Gasteiger partial charge < -0.3 is 24.4 Å². The average Bonchev–Trinajstić information content (AvgIpc) is 3.01. The molecule has 0 heterocycles. The first-order valence-corrected chi connectivity index (χ1v) is 15.8. The minimum absolute atomic E-state index is 0.0774. The Bertz CT molecular complexity index is 1540. The van der Waals surface area contributed by atoms with E-state index in [-0.39, 0.29) is 29.1 Å². The Morgan fingerprint density at radius 3 is 2.00 bits per heavy atom. The van der Waals surface area contributed by atoms with E-state index < -0.39 is 28.5 Å². The number of benzene rings is 3. The van der Waals surface area contributed by atoms with Crippen molar-refractivity contribution < 1.29 is 32.2 Å². The Labute approximate surface area is 261 Å². The molecule has 11 heteroatoms. The Hall–Kier alpha value is -4.25. The molecule has 2 atom stereocenters. The van der Waals surface area contributed by atoms with Gasteiger partial charge in [0.25, 0.3) is 10.0 Å². The smallest absolute Gasteiger partial charge is 0.264 e. The third kappa shape index (κ3) is 8.22. The molecule has 0 bridgehead atoms. The molecule has 1 N–H and O–H groups in total. The zero-order valence-electron chi connectivity index (χ0n) is 26.7. The van der Waals surface area contributed by atoms with Crippen LogP contribution in [-0.4, -0.2) is 65.1 Å². The van der Waals surface area contributed by atoms with Gasteiger partial charge >= 0.3 is 0 Å². The van der Waals surface area contributed by atoms with Crippen molar-refractivity contribution in [2.45, 2.75) is 64.6 Å². The first-order chi connectivity index (χ1) is 20.8. The zero-order valence-corrected chi connectivity index (χ0v) is 27.5. The lowest BCUT2D eigenvalue weighted by Gasteiger charge is -2.32. The molecule has 3 aromatic rings. The molecule has 3 aromatic carbocycles. The monoisotopic (exact) mass is 625 g/mol. The van der Waals surface area contributed by atoms with E-state index in [9.17, 15) is 18.0 Å². The number of carbonyl (C=O) groups excluding carboxylic acids is 2. The molecule has 44 heavy (non-hydrogen) atoms. The van der Waals surface area contributed by atoms with E-state index in [4.69, 9.17) is 14.2 Å². The Kier molecular flexibility index (Phi) is 11.6. The highest BCUT2D eigenvalue weighted by Gasteiger charge is 2.33. The van der Waals surface area contributed by atoms with Crippen LogP contribution in [0.1, 0.15) is 43.9 Å². The Morgan fingerprint density at radius 1 is 0.841 bits per heavy atom. The van der Waals surface area contributed by atoms with Gasteiger partial charge in [-0.2, -0.15) is 0 Å². The number of anilines is 1. The van der Waals surface area contributed by atoms with Crippen LogP contribution in [-0.2, 0) is 26.2 Å². The molecule has 3 rings (SSSR count). The van der Waals surface area contributed by atoms with Gasteiger partial charge in [-0.05, 0) is 87.2 Å². The number of nitrogens with zero attached hydrogens (tertiary/aromatic N) is 2. The topological polar surface area (TPSA) is 114 Å². The zero-order chi connectivity index (χ0) is 32.6. The quantitative estimate of drug-likeness (QED) is 0.272. The molecule has 0 unspecified atom stereocenters. The molecule has 0 aliphatic carbocycles. The fourth-order valence-corrected chi connectivity index (χ4v) is 6.12. The van der Waals surface area contributed by atoms with Gasteiger partial charge in [0.2, 0.25) is 11.8 Å². The Balaban J connectivity index is 2.10. The highest BCUT2D eigenvalue weighted by Crippen LogP contribution is 2.33. The first kappa shape index (κ1) is 34.2. The molecule has 0 aromatic heterocycles. The minimum Gasteiger partial charge on any atom is -0.497 e. The summed E-state index contributed by atoms with van der Waals surface area (Å²) in [5.41, 5.74) is 2.74. The molecule has 0 saturated carbocycles. The second-order valence-electron chi connectivity index (χ2n) is 10.7. The summed E-state index contributed by atoms with van der Waals surface area (Å²) in [4.78, 5) is 28.8. The summed E-state index contributed by atoms with van der Waals surface area (Å²) in [6.07, 6.45) is 0.717. The first-order valence-electron chi connectivity index (χ1n) is 14.4. The maximum absolute atomic E-state index is 14.3. The summed E-state index contributed by atoms with van der Waals surface area (Å²) in [7, 11) is 0.151. The van der Waals surface area contributed by atoms with Crippen molar-refractivity contribution in [2.75, 3.05) is 32.2 Å². The predicted molar refractivity (Wildman–Crippen MR) is 171 cm³/mol. The predicted octanol–water partition coefficient (Wildman–Crippen LogP) is 4.86. The number of nitrogens with one attached hydrogen (secondary N) is 1. The van der Waals surface area contributed by atoms with Crippen molar-refractivity contribution in [3.63, 3.8) is 0 Å². The van der Waals surface area contributed by atoms with E-state index in [1.165, 1.54) is 37.3 Å². The number of sulfonamides is 1. The molecule has 0 aliphatic rings. The number of rotatable bonds is 14. The largest absolute Gasteiger partial charge is 0.497 e. The third-order valence-electron chi connectivity index (χ3n) is 7.40. The molecule has 10 nitrogen and oxygen atoms in total. The summed E-state index contributed by atoms with van der Waals surface area (Å²) in [6, 6.07) is 15.8. The van der Waals surface area contributed by atoms with Gasteiger partial charge in [0.15, 0.2) is 11.5 Å². The van der Waals surface area contributed by atoms with Gasteiger partial charge in [0, 0.05) is 18.7 Å². The summed E-state index contributed by atoms with van der Waals surface area (Å²) in [5.74, 6) is 0.373. The van der Waals surface area contributed by atoms with Gasteiger partial charge in [-0.3, -0.25) is 13.9 Å². The van der Waals surface area contributed by atoms with E-state index >= 15 is 0 Å². The number of hydrogen-bond acceptors (Lipinski definition) is 7. The number of ether oxygens (including phenoxy) is 3. The molecule has 0 aliphatic heterocycles. The van der Waals surface area contributed by atoms with Crippen LogP contribution in [0.5, 0.6) is 17.2 Å². The maximum atomic E-state index is 14.3. The van der Waals surface area contributed by atoms with Gasteiger partial charge in [-0.15, -0.1) is 0 Å². The van der Waals surface area contributed by atoms with Crippen molar-refractivity contribution in [3.8, 4) is 17.2 Å². The van der Waals surface area contributed by atoms with Gasteiger partial charge in [0.05, 0.1) is 31.9 Å². The van der Waals surface area contributed by atoms with Crippen LogP contribution >= 0.6 is 0 Å². The lowest BCUT2D eigenvalue weighted by atomic mass is 10.1. The number of amides is 2. The van der Waals surface area contributed by atoms with E-state index in [0.29, 0.717) is 17.2 Å². The van der Waals surface area contributed by atoms with Crippen LogP contribution in [0.15, 0.2) is 65.6 Å². The fraction of sp³-hybridized carbons (Fsp3) is 0.394. The van der Waals surface area contributed by atoms with Gasteiger partial charge in [0.1, 0.15) is 18.3 Å². The molecule has 0 radical (unpaired) electrons. The summed E-state index contributed by atoms with van der Waals surface area (Å²) in [6.45, 7) is 8.73. The fourth-order valence-electron chi connectivity index (χ4n) is 4.70. The van der Waals surface area contributed by atoms with Crippen molar-refractivity contribution in [2.24, 2.45) is 0 Å². The van der Waals surface area contributed by atoms with Crippen LogP contribution in [0.25, 0.3) is 0 Å². The highest BCUT2D eigenvalue weighted by molar-refractivity contribution is 7.92. The van der Waals surface area contributed by atoms with Crippen LogP contribution in [0.2, 0.25) is 0 Å². The second-order valence-corrected chi connectivity index (χ2v) is 12.6. The summed E-state index contributed by atoms with van der Waals surface area (Å²) < 4.78 is 45.5. The van der Waals surface area contributed by atoms with Crippen LogP contribution in [0.4, 0.5) is 5.69 Å². The molecular weight excluding hydrogens is 582 g/mol. The van der Waals surface area contributed by atoms with Crippen LogP contribution in [0.3, 0.4) is 0 Å². The minimum atomic E-state index is -4.29. The van der Waals surface area contributed by atoms with Gasteiger partial charge in [-0.1, -0.05) is 25.1 Å². The number of aryl methyl sites for hydroxylation is 2. The van der Waals surface area contributed by atoms with Crippen molar-refractivity contribution in [1.82, 2.24) is 10.2 Å². The van der Waals surface area contributed by atoms with Crippen LogP contribution in [0, 0.1) is 13.8 Å². The number of methoxy groups -OCH3 is 3. The third-order valence-corrected chi connectivity index (χ3v) is 9.17. The normalized spacial score (nSPS) is 12.5. The van der Waals surface area contributed by atoms with Crippen molar-refractivity contribution in [3.05, 3.63) is 77.4 Å². The molecule has 0 saturated heterocycles. The van der Waals surface area contributed by atoms with Crippen LogP contribution < -0.4 is 23.8 Å². The summed E-state index contributed by atoms with van der Waals surface area (Å²) in [5, 5.41) is 2.94. The maximum Gasteiger partial charge on any atom is 0.264 e. The van der Waals surface area contributed by atoms with E-state index in [0.717, 1.165) is 27.4 Å². The molecule has 238 valence electrons.